The Bertz CT molecular complexity index is 1070. The summed E-state index contributed by atoms with van der Waals surface area (Å²) < 4.78 is 20.3. The van der Waals surface area contributed by atoms with Crippen molar-refractivity contribution < 1.29 is 19.0 Å². The van der Waals surface area contributed by atoms with Gasteiger partial charge >= 0.3 is 6.16 Å². The highest BCUT2D eigenvalue weighted by Gasteiger charge is 2.21. The van der Waals surface area contributed by atoms with Crippen LogP contribution in [0.15, 0.2) is 29.3 Å². The number of aromatic amines is 1. The van der Waals surface area contributed by atoms with Gasteiger partial charge in [0.15, 0.2) is 5.75 Å². The number of H-pyrrole nitrogens is 1. The molecule has 2 N–H and O–H groups in total. The second kappa shape index (κ2) is 6.82. The van der Waals surface area contributed by atoms with Crippen molar-refractivity contribution in [3.63, 3.8) is 0 Å². The lowest BCUT2D eigenvalue weighted by Gasteiger charge is -2.22. The Morgan fingerprint density at radius 2 is 2.07 bits per heavy atom. The third-order valence-electron chi connectivity index (χ3n) is 4.84. The number of halogens is 1. The lowest BCUT2D eigenvalue weighted by atomic mass is 9.83. The second-order valence-corrected chi connectivity index (χ2v) is 6.60. The quantitative estimate of drug-likeness (QED) is 0.682. The number of aromatic nitrogens is 4. The second-order valence-electron chi connectivity index (χ2n) is 6.60. The smallest absolute Gasteiger partial charge is 0.449 e. The first-order valence-electron chi connectivity index (χ1n) is 8.70. The highest BCUT2D eigenvalue weighted by Crippen LogP contribution is 2.35. The van der Waals surface area contributed by atoms with E-state index < -0.39 is 11.7 Å². The van der Waals surface area contributed by atoms with Crippen LogP contribution in [-0.2, 0) is 0 Å². The van der Waals surface area contributed by atoms with Crippen LogP contribution >= 0.6 is 0 Å². The van der Waals surface area contributed by atoms with Gasteiger partial charge in [0.1, 0.15) is 5.82 Å². The van der Waals surface area contributed by atoms with Gasteiger partial charge in [-0.3, -0.25) is 9.78 Å². The molecule has 9 heteroatoms. The molecule has 0 aliphatic heterocycles. The van der Waals surface area contributed by atoms with Gasteiger partial charge in [-0.15, -0.1) is 0 Å². The fourth-order valence-corrected chi connectivity index (χ4v) is 3.58. The molecular formula is C18H17FN4O4. The first-order chi connectivity index (χ1) is 13.0. The summed E-state index contributed by atoms with van der Waals surface area (Å²) in [5, 5.41) is 12.8. The number of carboxylic acid groups (broad SMARTS) is 1. The lowest BCUT2D eigenvalue weighted by Crippen LogP contribution is -2.15. The van der Waals surface area contributed by atoms with Gasteiger partial charge in [-0.05, 0) is 30.4 Å². The minimum atomic E-state index is -1.48. The zero-order valence-corrected chi connectivity index (χ0v) is 14.3. The van der Waals surface area contributed by atoms with Gasteiger partial charge < -0.3 is 9.84 Å². The molecule has 8 nitrogen and oxygen atoms in total. The minimum Gasteiger partial charge on any atom is -0.449 e. The largest absolute Gasteiger partial charge is 0.511 e. The monoisotopic (exact) mass is 372 g/mol. The SMILES string of the molecule is O=C(O)Oc1cnn(-c2nc3cc(F)c(C4CCCCC4)cc3c(=O)[nH]2)c1. The standard InChI is InChI=1S/C18H17FN4O4/c19-14-7-15-13(6-12(14)10-4-2-1-3-5-10)16(24)22-17(21-15)23-9-11(8-20-23)27-18(25)26/h6-10H,1-5H2,(H,25,26)(H,21,22,24). The molecule has 4 rings (SSSR count). The predicted molar refractivity (Wildman–Crippen MR) is 93.9 cm³/mol. The summed E-state index contributed by atoms with van der Waals surface area (Å²) in [7, 11) is 0. The van der Waals surface area contributed by atoms with Crippen LogP contribution in [0.1, 0.15) is 43.6 Å². The molecule has 0 saturated heterocycles. The molecule has 27 heavy (non-hydrogen) atoms. The van der Waals surface area contributed by atoms with Crippen LogP contribution in [0.5, 0.6) is 5.75 Å². The summed E-state index contributed by atoms with van der Waals surface area (Å²) in [6.07, 6.45) is 6.08. The fourth-order valence-electron chi connectivity index (χ4n) is 3.58. The predicted octanol–water partition coefficient (Wildman–Crippen LogP) is 3.35. The molecule has 0 radical (unpaired) electrons. The van der Waals surface area contributed by atoms with E-state index in [2.05, 4.69) is 19.8 Å². The van der Waals surface area contributed by atoms with E-state index in [1.807, 2.05) is 0 Å². The van der Waals surface area contributed by atoms with Crippen molar-refractivity contribution in [3.8, 4) is 11.7 Å². The molecule has 2 aromatic heterocycles. The highest BCUT2D eigenvalue weighted by atomic mass is 19.1. The van der Waals surface area contributed by atoms with Crippen LogP contribution < -0.4 is 10.3 Å². The normalized spacial score (nSPS) is 15.1. The summed E-state index contributed by atoms with van der Waals surface area (Å²) >= 11 is 0. The zero-order chi connectivity index (χ0) is 19.0. The lowest BCUT2D eigenvalue weighted by molar-refractivity contribution is 0.144. The van der Waals surface area contributed by atoms with Crippen molar-refractivity contribution in [1.82, 2.24) is 19.7 Å². The van der Waals surface area contributed by atoms with Crippen molar-refractivity contribution in [1.29, 1.82) is 0 Å². The van der Waals surface area contributed by atoms with E-state index in [0.29, 0.717) is 10.9 Å². The van der Waals surface area contributed by atoms with Crippen molar-refractivity contribution in [2.75, 3.05) is 0 Å². The van der Waals surface area contributed by atoms with Crippen LogP contribution in [0.25, 0.3) is 16.9 Å². The van der Waals surface area contributed by atoms with E-state index in [9.17, 15) is 14.0 Å². The third kappa shape index (κ3) is 3.40. The molecule has 2 heterocycles. The van der Waals surface area contributed by atoms with Gasteiger partial charge in [0.25, 0.3) is 5.56 Å². The summed E-state index contributed by atoms with van der Waals surface area (Å²) in [6, 6.07) is 2.87. The Labute approximate surface area is 152 Å². The molecule has 0 atom stereocenters. The molecule has 0 spiro atoms. The Hall–Kier alpha value is -3.23. The van der Waals surface area contributed by atoms with E-state index in [1.165, 1.54) is 18.5 Å². The maximum absolute atomic E-state index is 14.7. The molecule has 1 fully saturated rings. The molecule has 1 aromatic carbocycles. The number of ether oxygens (including phenoxy) is 1. The number of nitrogens with one attached hydrogen (secondary N) is 1. The summed E-state index contributed by atoms with van der Waals surface area (Å²) in [6.45, 7) is 0. The Morgan fingerprint density at radius 3 is 2.81 bits per heavy atom. The summed E-state index contributed by atoms with van der Waals surface area (Å²) in [5.41, 5.74) is 0.365. The maximum atomic E-state index is 14.7. The van der Waals surface area contributed by atoms with Gasteiger partial charge in [0.2, 0.25) is 5.95 Å². The first kappa shape index (κ1) is 17.2. The molecule has 3 aromatic rings. The van der Waals surface area contributed by atoms with E-state index in [1.54, 1.807) is 6.07 Å². The molecule has 1 aliphatic rings. The Balaban J connectivity index is 1.74. The maximum Gasteiger partial charge on any atom is 0.511 e. The highest BCUT2D eigenvalue weighted by molar-refractivity contribution is 5.79. The Kier molecular flexibility index (Phi) is 4.35. The minimum absolute atomic E-state index is 0.0240. The molecule has 0 amide bonds. The number of carbonyl (C=O) groups is 1. The summed E-state index contributed by atoms with van der Waals surface area (Å²) in [5.74, 6) is -0.223. The zero-order valence-electron chi connectivity index (χ0n) is 14.3. The van der Waals surface area contributed by atoms with Crippen LogP contribution in [-0.4, -0.2) is 31.0 Å². The van der Waals surface area contributed by atoms with Crippen LogP contribution in [0, 0.1) is 5.82 Å². The van der Waals surface area contributed by atoms with Crippen LogP contribution in [0.4, 0.5) is 9.18 Å². The average Bonchev–Trinajstić information content (AvgIpc) is 3.09. The number of fused-ring (bicyclic) bond motifs is 1. The molecular weight excluding hydrogens is 355 g/mol. The fraction of sp³-hybridized carbons (Fsp3) is 0.333. The van der Waals surface area contributed by atoms with Crippen molar-refractivity contribution in [2.24, 2.45) is 0 Å². The van der Waals surface area contributed by atoms with Crippen molar-refractivity contribution in [3.05, 3.63) is 46.3 Å². The topological polar surface area (TPSA) is 110 Å². The number of hydrogen-bond donors (Lipinski definition) is 2. The molecule has 1 saturated carbocycles. The van der Waals surface area contributed by atoms with E-state index in [4.69, 9.17) is 5.11 Å². The van der Waals surface area contributed by atoms with E-state index >= 15 is 0 Å². The average molecular weight is 372 g/mol. The number of hydrogen-bond acceptors (Lipinski definition) is 5. The number of rotatable bonds is 3. The van der Waals surface area contributed by atoms with E-state index in [0.717, 1.165) is 36.8 Å². The van der Waals surface area contributed by atoms with E-state index in [-0.39, 0.29) is 28.9 Å². The first-order valence-corrected chi connectivity index (χ1v) is 8.70. The van der Waals surface area contributed by atoms with Gasteiger partial charge in [0, 0.05) is 6.07 Å². The van der Waals surface area contributed by atoms with Gasteiger partial charge in [-0.25, -0.2) is 18.9 Å². The van der Waals surface area contributed by atoms with Gasteiger partial charge in [-0.1, -0.05) is 19.3 Å². The summed E-state index contributed by atoms with van der Waals surface area (Å²) in [4.78, 5) is 29.9. The molecule has 140 valence electrons. The van der Waals surface area contributed by atoms with Crippen LogP contribution in [0.3, 0.4) is 0 Å². The van der Waals surface area contributed by atoms with Crippen molar-refractivity contribution >= 4 is 17.1 Å². The Morgan fingerprint density at radius 1 is 1.30 bits per heavy atom. The van der Waals surface area contributed by atoms with Crippen LogP contribution in [0.2, 0.25) is 0 Å². The molecule has 0 bridgehead atoms. The molecule has 0 unspecified atom stereocenters. The van der Waals surface area contributed by atoms with Gasteiger partial charge in [0.05, 0.1) is 23.3 Å². The number of benzene rings is 1. The van der Waals surface area contributed by atoms with Crippen molar-refractivity contribution in [2.45, 2.75) is 38.0 Å². The molecule has 1 aliphatic carbocycles. The number of nitrogens with zero attached hydrogens (tertiary/aromatic N) is 3. The third-order valence-corrected chi connectivity index (χ3v) is 4.84. The van der Waals surface area contributed by atoms with Gasteiger partial charge in [-0.2, -0.15) is 5.10 Å².